The molecule has 0 fully saturated rings. The molecular formula is C20H20BrClN2O5. The van der Waals surface area contributed by atoms with Gasteiger partial charge in [0.15, 0.2) is 0 Å². The summed E-state index contributed by atoms with van der Waals surface area (Å²) in [5.74, 6) is -2.30. The number of rotatable bonds is 7. The van der Waals surface area contributed by atoms with Crippen molar-refractivity contribution in [1.29, 1.82) is 0 Å². The highest BCUT2D eigenvalue weighted by atomic mass is 79.9. The first-order chi connectivity index (χ1) is 13.6. The molecule has 0 aliphatic heterocycles. The number of likely N-dealkylation sites (N-methyl/N-ethyl adjacent to an activating group) is 1. The van der Waals surface area contributed by atoms with Crippen LogP contribution in [-0.4, -0.2) is 46.5 Å². The van der Waals surface area contributed by atoms with Gasteiger partial charge in [0.05, 0.1) is 23.5 Å². The van der Waals surface area contributed by atoms with Crippen LogP contribution in [0, 0.1) is 6.92 Å². The van der Waals surface area contributed by atoms with E-state index >= 15 is 0 Å². The average Bonchev–Trinajstić information content (AvgIpc) is 2.63. The molecule has 0 aliphatic rings. The Kier molecular flexibility index (Phi) is 7.64. The maximum Gasteiger partial charge on any atom is 0.305 e. The summed E-state index contributed by atoms with van der Waals surface area (Å²) in [7, 11) is 1.48. The fraction of sp³-hybridized carbons (Fsp3) is 0.250. The third kappa shape index (κ3) is 6.20. The summed E-state index contributed by atoms with van der Waals surface area (Å²) in [5, 5.41) is 22.3. The Morgan fingerprint density at radius 2 is 1.93 bits per heavy atom. The Hall–Kier alpha value is -2.58. The number of aromatic hydroxyl groups is 1. The van der Waals surface area contributed by atoms with Crippen LogP contribution in [0.15, 0.2) is 40.9 Å². The lowest BCUT2D eigenvalue weighted by atomic mass is 10.0. The lowest BCUT2D eigenvalue weighted by Gasteiger charge is -2.22. The van der Waals surface area contributed by atoms with Gasteiger partial charge >= 0.3 is 5.97 Å². The molecule has 0 radical (unpaired) electrons. The fourth-order valence-electron chi connectivity index (χ4n) is 2.79. The van der Waals surface area contributed by atoms with E-state index in [-0.39, 0.29) is 33.3 Å². The van der Waals surface area contributed by atoms with Crippen molar-refractivity contribution in [3.63, 3.8) is 0 Å². The minimum absolute atomic E-state index is 0.160. The fourth-order valence-corrected chi connectivity index (χ4v) is 3.62. The van der Waals surface area contributed by atoms with Crippen LogP contribution in [0.2, 0.25) is 5.02 Å². The highest BCUT2D eigenvalue weighted by molar-refractivity contribution is 9.10. The van der Waals surface area contributed by atoms with Gasteiger partial charge in [-0.25, -0.2) is 0 Å². The minimum Gasteiger partial charge on any atom is -0.506 e. The van der Waals surface area contributed by atoms with E-state index in [1.807, 2.05) is 13.0 Å². The summed E-state index contributed by atoms with van der Waals surface area (Å²) < 4.78 is 0.274. The number of hydrogen-bond donors (Lipinski definition) is 3. The van der Waals surface area contributed by atoms with E-state index in [9.17, 15) is 24.6 Å². The standard InChI is InChI=1S/C20H20BrClN2O5/c1-11-4-3-5-12(6-11)20(29)24(2)10-17(25)23-16(9-18(26)27)14-7-13(22)8-15(21)19(14)28/h3-8,16,28H,9-10H2,1-2H3,(H,23,25)(H,26,27). The number of phenols is 1. The second kappa shape index (κ2) is 9.76. The van der Waals surface area contributed by atoms with Crippen molar-refractivity contribution >= 4 is 45.3 Å². The van der Waals surface area contributed by atoms with Crippen LogP contribution in [0.3, 0.4) is 0 Å². The summed E-state index contributed by atoms with van der Waals surface area (Å²) in [4.78, 5) is 37.5. The van der Waals surface area contributed by atoms with Crippen LogP contribution < -0.4 is 5.32 Å². The normalized spacial score (nSPS) is 11.6. The number of carbonyl (C=O) groups excluding carboxylic acids is 2. The number of phenolic OH excluding ortho intramolecular Hbond substituents is 1. The highest BCUT2D eigenvalue weighted by Gasteiger charge is 2.24. The summed E-state index contributed by atoms with van der Waals surface area (Å²) in [6.45, 7) is 1.57. The van der Waals surface area contributed by atoms with E-state index in [2.05, 4.69) is 21.2 Å². The molecule has 0 heterocycles. The van der Waals surface area contributed by atoms with Gasteiger partial charge in [0.1, 0.15) is 5.75 Å². The molecule has 0 aromatic heterocycles. The van der Waals surface area contributed by atoms with Crippen molar-refractivity contribution in [1.82, 2.24) is 10.2 Å². The first-order valence-electron chi connectivity index (χ1n) is 8.59. The van der Waals surface area contributed by atoms with Gasteiger partial charge in [0, 0.05) is 23.2 Å². The summed E-state index contributed by atoms with van der Waals surface area (Å²) in [6.07, 6.45) is -0.471. The zero-order valence-electron chi connectivity index (χ0n) is 15.8. The van der Waals surface area contributed by atoms with Crippen molar-refractivity contribution in [2.45, 2.75) is 19.4 Å². The number of nitrogens with zero attached hydrogens (tertiary/aromatic N) is 1. The zero-order valence-corrected chi connectivity index (χ0v) is 18.1. The molecule has 0 saturated heterocycles. The van der Waals surface area contributed by atoms with E-state index in [1.54, 1.807) is 18.2 Å². The Labute approximate surface area is 181 Å². The Balaban J connectivity index is 2.16. The molecule has 2 aromatic rings. The maximum atomic E-state index is 12.5. The molecular weight excluding hydrogens is 464 g/mol. The third-order valence-corrected chi connectivity index (χ3v) is 4.96. The predicted octanol–water partition coefficient (Wildman–Crippen LogP) is 3.52. The third-order valence-electron chi connectivity index (χ3n) is 4.14. The monoisotopic (exact) mass is 482 g/mol. The van der Waals surface area contributed by atoms with Gasteiger partial charge < -0.3 is 20.4 Å². The predicted molar refractivity (Wildman–Crippen MR) is 112 cm³/mol. The lowest BCUT2D eigenvalue weighted by Crippen LogP contribution is -2.40. The molecule has 0 saturated carbocycles. The summed E-state index contributed by atoms with van der Waals surface area (Å²) in [5.41, 5.74) is 1.52. The first kappa shape index (κ1) is 22.7. The average molecular weight is 484 g/mol. The number of nitrogens with one attached hydrogen (secondary N) is 1. The molecule has 7 nitrogen and oxygen atoms in total. The number of carboxylic acid groups (broad SMARTS) is 1. The van der Waals surface area contributed by atoms with Gasteiger partial charge in [-0.1, -0.05) is 29.3 Å². The van der Waals surface area contributed by atoms with E-state index in [0.717, 1.165) is 5.56 Å². The van der Waals surface area contributed by atoms with E-state index in [4.69, 9.17) is 11.6 Å². The smallest absolute Gasteiger partial charge is 0.305 e. The van der Waals surface area contributed by atoms with Gasteiger partial charge in [-0.15, -0.1) is 0 Å². The van der Waals surface area contributed by atoms with Crippen molar-refractivity contribution in [3.8, 4) is 5.75 Å². The number of amides is 2. The second-order valence-electron chi connectivity index (χ2n) is 6.57. The number of carbonyl (C=O) groups is 3. The van der Waals surface area contributed by atoms with Crippen molar-refractivity contribution < 1.29 is 24.6 Å². The molecule has 2 aromatic carbocycles. The quantitative estimate of drug-likeness (QED) is 0.559. The van der Waals surface area contributed by atoms with Gasteiger partial charge in [-0.05, 0) is 47.1 Å². The number of hydrogen-bond acceptors (Lipinski definition) is 4. The van der Waals surface area contributed by atoms with Crippen LogP contribution in [-0.2, 0) is 9.59 Å². The molecule has 29 heavy (non-hydrogen) atoms. The van der Waals surface area contributed by atoms with Crippen molar-refractivity contribution in [2.24, 2.45) is 0 Å². The number of carboxylic acids is 1. The highest BCUT2D eigenvalue weighted by Crippen LogP contribution is 2.36. The first-order valence-corrected chi connectivity index (χ1v) is 9.76. The second-order valence-corrected chi connectivity index (χ2v) is 7.86. The summed E-state index contributed by atoms with van der Waals surface area (Å²) in [6, 6.07) is 8.78. The van der Waals surface area contributed by atoms with Crippen LogP contribution in [0.1, 0.15) is 33.9 Å². The Morgan fingerprint density at radius 1 is 1.24 bits per heavy atom. The number of aryl methyl sites for hydroxylation is 1. The van der Waals surface area contributed by atoms with E-state index in [1.165, 1.54) is 24.1 Å². The van der Waals surface area contributed by atoms with Crippen LogP contribution in [0.25, 0.3) is 0 Å². The molecule has 2 amide bonds. The van der Waals surface area contributed by atoms with Gasteiger partial charge in [-0.2, -0.15) is 0 Å². The zero-order chi connectivity index (χ0) is 21.7. The van der Waals surface area contributed by atoms with Crippen LogP contribution in [0.4, 0.5) is 0 Å². The van der Waals surface area contributed by atoms with Crippen LogP contribution >= 0.6 is 27.5 Å². The molecule has 1 unspecified atom stereocenters. The number of benzene rings is 2. The minimum atomic E-state index is -1.17. The largest absolute Gasteiger partial charge is 0.506 e. The number of halogens is 2. The van der Waals surface area contributed by atoms with Gasteiger partial charge in [0.25, 0.3) is 5.91 Å². The molecule has 2 rings (SSSR count). The van der Waals surface area contributed by atoms with Crippen LogP contribution in [0.5, 0.6) is 5.75 Å². The Morgan fingerprint density at radius 3 is 2.55 bits per heavy atom. The Bertz CT molecular complexity index is 950. The number of aliphatic carboxylic acids is 1. The molecule has 0 aliphatic carbocycles. The van der Waals surface area contributed by atoms with E-state index < -0.39 is 24.3 Å². The van der Waals surface area contributed by atoms with Gasteiger partial charge in [-0.3, -0.25) is 14.4 Å². The summed E-state index contributed by atoms with van der Waals surface area (Å²) >= 11 is 9.13. The van der Waals surface area contributed by atoms with Crippen molar-refractivity contribution in [3.05, 3.63) is 62.6 Å². The molecule has 9 heteroatoms. The topological polar surface area (TPSA) is 107 Å². The molecule has 0 spiro atoms. The van der Waals surface area contributed by atoms with E-state index in [0.29, 0.717) is 5.56 Å². The SMILES string of the molecule is Cc1cccc(C(=O)N(C)CC(=O)NC(CC(=O)O)c2cc(Cl)cc(Br)c2O)c1. The lowest BCUT2D eigenvalue weighted by molar-refractivity contribution is -0.137. The molecule has 1 atom stereocenters. The van der Waals surface area contributed by atoms with Gasteiger partial charge in [0.2, 0.25) is 5.91 Å². The molecule has 3 N–H and O–H groups in total. The molecule has 154 valence electrons. The molecule has 0 bridgehead atoms. The van der Waals surface area contributed by atoms with Crippen molar-refractivity contribution in [2.75, 3.05) is 13.6 Å². The maximum absolute atomic E-state index is 12.5.